The van der Waals surface area contributed by atoms with E-state index in [2.05, 4.69) is 9.97 Å². The molecule has 0 amide bonds. The van der Waals surface area contributed by atoms with Crippen molar-refractivity contribution in [2.24, 2.45) is 0 Å². The number of hydrogen-bond donors (Lipinski definition) is 1. The minimum atomic E-state index is -0.385. The summed E-state index contributed by atoms with van der Waals surface area (Å²) in [7, 11) is 0. The van der Waals surface area contributed by atoms with Crippen LogP contribution >= 0.6 is 23.8 Å². The lowest BCUT2D eigenvalue weighted by atomic mass is 10.1. The lowest BCUT2D eigenvalue weighted by Crippen LogP contribution is -1.93. The number of aromatic nitrogens is 2. The van der Waals surface area contributed by atoms with Crippen molar-refractivity contribution in [2.45, 2.75) is 6.92 Å². The van der Waals surface area contributed by atoms with E-state index in [1.807, 2.05) is 0 Å². The molecule has 1 N–H and O–H groups in total. The van der Waals surface area contributed by atoms with Crippen LogP contribution in [0.5, 0.6) is 0 Å². The van der Waals surface area contributed by atoms with Crippen LogP contribution in [0.15, 0.2) is 24.3 Å². The van der Waals surface area contributed by atoms with Crippen molar-refractivity contribution in [3.8, 4) is 11.3 Å². The summed E-state index contributed by atoms with van der Waals surface area (Å²) in [6.07, 6.45) is 0. The molecule has 16 heavy (non-hydrogen) atoms. The second-order valence-corrected chi connectivity index (χ2v) is 4.20. The molecule has 2 aromatic rings. The number of benzene rings is 1. The average Bonchev–Trinajstić information content (AvgIpc) is 2.15. The van der Waals surface area contributed by atoms with E-state index in [4.69, 9.17) is 23.8 Å². The summed E-state index contributed by atoms with van der Waals surface area (Å²) in [6.45, 7) is 1.77. The first kappa shape index (κ1) is 11.2. The van der Waals surface area contributed by atoms with E-state index in [-0.39, 0.29) is 5.82 Å². The van der Waals surface area contributed by atoms with Gasteiger partial charge in [-0.25, -0.2) is 9.37 Å². The lowest BCUT2D eigenvalue weighted by molar-refractivity contribution is 0.630. The molecular weight excluding hydrogens is 247 g/mol. The molecule has 0 aliphatic carbocycles. The van der Waals surface area contributed by atoms with Crippen LogP contribution in [0.4, 0.5) is 4.39 Å². The molecule has 0 spiro atoms. The third kappa shape index (κ3) is 2.28. The summed E-state index contributed by atoms with van der Waals surface area (Å²) >= 11 is 10.7. The molecule has 0 fully saturated rings. The van der Waals surface area contributed by atoms with Crippen molar-refractivity contribution < 1.29 is 4.39 Å². The number of nitrogens with one attached hydrogen (secondary N) is 1. The van der Waals surface area contributed by atoms with E-state index in [1.54, 1.807) is 25.1 Å². The first-order chi connectivity index (χ1) is 7.56. The van der Waals surface area contributed by atoms with E-state index in [0.717, 1.165) is 0 Å². The van der Waals surface area contributed by atoms with Gasteiger partial charge < -0.3 is 4.98 Å². The molecule has 1 aromatic carbocycles. The van der Waals surface area contributed by atoms with Crippen molar-refractivity contribution in [2.75, 3.05) is 0 Å². The third-order valence-electron chi connectivity index (χ3n) is 2.08. The summed E-state index contributed by atoms with van der Waals surface area (Å²) in [4.78, 5) is 6.98. The van der Waals surface area contributed by atoms with E-state index >= 15 is 0 Å². The summed E-state index contributed by atoms with van der Waals surface area (Å²) < 4.78 is 14.1. The quantitative estimate of drug-likeness (QED) is 0.782. The minimum absolute atomic E-state index is 0.366. The first-order valence-electron chi connectivity index (χ1n) is 4.59. The van der Waals surface area contributed by atoms with Crippen molar-refractivity contribution in [1.29, 1.82) is 0 Å². The van der Waals surface area contributed by atoms with Crippen molar-refractivity contribution >= 4 is 23.8 Å². The topological polar surface area (TPSA) is 28.7 Å². The number of rotatable bonds is 1. The zero-order valence-electron chi connectivity index (χ0n) is 8.42. The molecule has 0 bridgehead atoms. The van der Waals surface area contributed by atoms with Gasteiger partial charge in [0.2, 0.25) is 0 Å². The molecule has 0 atom stereocenters. The Morgan fingerprint density at radius 3 is 2.75 bits per heavy atom. The van der Waals surface area contributed by atoms with Crippen LogP contribution in [0.25, 0.3) is 11.3 Å². The molecule has 2 nitrogen and oxygen atoms in total. The predicted octanol–water partition coefficient (Wildman–Crippen LogP) is 3.91. The van der Waals surface area contributed by atoms with Gasteiger partial charge in [-0.2, -0.15) is 0 Å². The van der Waals surface area contributed by atoms with Crippen LogP contribution in [0.1, 0.15) is 5.82 Å². The monoisotopic (exact) mass is 254 g/mol. The fourth-order valence-corrected chi connectivity index (χ4v) is 1.85. The number of aryl methyl sites for hydroxylation is 1. The van der Waals surface area contributed by atoms with Gasteiger partial charge in [0.1, 0.15) is 16.3 Å². The van der Waals surface area contributed by atoms with Gasteiger partial charge in [-0.1, -0.05) is 23.8 Å². The minimum Gasteiger partial charge on any atom is -0.343 e. The Labute approximate surface area is 102 Å². The van der Waals surface area contributed by atoms with Gasteiger partial charge in [0.15, 0.2) is 0 Å². The van der Waals surface area contributed by atoms with Crippen LogP contribution in [0, 0.1) is 17.4 Å². The number of H-pyrrole nitrogens is 1. The third-order valence-corrected chi connectivity index (χ3v) is 2.53. The van der Waals surface area contributed by atoms with Gasteiger partial charge >= 0.3 is 0 Å². The first-order valence-corrected chi connectivity index (χ1v) is 5.38. The molecule has 2 rings (SSSR count). The largest absolute Gasteiger partial charge is 0.343 e. The fourth-order valence-electron chi connectivity index (χ4n) is 1.43. The molecule has 5 heteroatoms. The summed E-state index contributed by atoms with van der Waals surface area (Å²) in [5, 5.41) is 0.366. The SMILES string of the molecule is Cc1nc(=S)cc(-c2ccc(Cl)cc2F)[nH]1. The van der Waals surface area contributed by atoms with Gasteiger partial charge in [0.25, 0.3) is 0 Å². The second kappa shape index (κ2) is 4.31. The second-order valence-electron chi connectivity index (χ2n) is 3.34. The molecule has 0 aliphatic heterocycles. The molecule has 0 unspecified atom stereocenters. The molecule has 0 saturated heterocycles. The number of aromatic amines is 1. The molecule has 0 radical (unpaired) electrons. The van der Waals surface area contributed by atoms with Gasteiger partial charge in [-0.3, -0.25) is 0 Å². The van der Waals surface area contributed by atoms with Gasteiger partial charge in [-0.15, -0.1) is 0 Å². The Bertz CT molecular complexity index is 595. The number of halogens is 2. The number of hydrogen-bond acceptors (Lipinski definition) is 2. The van der Waals surface area contributed by atoms with Gasteiger partial charge in [-0.05, 0) is 31.2 Å². The van der Waals surface area contributed by atoms with Gasteiger partial charge in [0, 0.05) is 10.6 Å². The Hall–Kier alpha value is -1.26. The predicted molar refractivity (Wildman–Crippen MR) is 64.6 cm³/mol. The average molecular weight is 255 g/mol. The fraction of sp³-hybridized carbons (Fsp3) is 0.0909. The van der Waals surface area contributed by atoms with Crippen LogP contribution in [-0.4, -0.2) is 9.97 Å². The Morgan fingerprint density at radius 2 is 2.12 bits per heavy atom. The summed E-state index contributed by atoms with van der Waals surface area (Å²) in [6, 6.07) is 6.13. The molecular formula is C11H8ClFN2S. The maximum atomic E-state index is 13.6. The van der Waals surface area contributed by atoms with E-state index < -0.39 is 0 Å². The van der Waals surface area contributed by atoms with Crippen LogP contribution < -0.4 is 0 Å². The van der Waals surface area contributed by atoms with E-state index in [9.17, 15) is 4.39 Å². The normalized spacial score (nSPS) is 10.4. The highest BCUT2D eigenvalue weighted by Crippen LogP contribution is 2.23. The number of nitrogens with zero attached hydrogens (tertiary/aromatic N) is 1. The van der Waals surface area contributed by atoms with Crippen molar-refractivity contribution in [1.82, 2.24) is 9.97 Å². The Kier molecular flexibility index (Phi) is 3.03. The van der Waals surface area contributed by atoms with Crippen LogP contribution in [-0.2, 0) is 0 Å². The van der Waals surface area contributed by atoms with Crippen LogP contribution in [0.2, 0.25) is 5.02 Å². The molecule has 82 valence electrons. The maximum Gasteiger partial charge on any atom is 0.133 e. The van der Waals surface area contributed by atoms with Crippen molar-refractivity contribution in [3.63, 3.8) is 0 Å². The Morgan fingerprint density at radius 1 is 1.38 bits per heavy atom. The van der Waals surface area contributed by atoms with E-state index in [1.165, 1.54) is 6.07 Å². The maximum absolute atomic E-state index is 13.6. The highest BCUT2D eigenvalue weighted by molar-refractivity contribution is 7.71. The molecule has 0 aliphatic rings. The zero-order chi connectivity index (χ0) is 11.7. The lowest BCUT2D eigenvalue weighted by Gasteiger charge is -2.05. The Balaban J connectivity index is 2.63. The van der Waals surface area contributed by atoms with Crippen LogP contribution in [0.3, 0.4) is 0 Å². The molecule has 1 aromatic heterocycles. The van der Waals surface area contributed by atoms with E-state index in [0.29, 0.717) is 26.7 Å². The molecule has 0 saturated carbocycles. The van der Waals surface area contributed by atoms with Gasteiger partial charge in [0.05, 0.1) is 5.69 Å². The summed E-state index contributed by atoms with van der Waals surface area (Å²) in [5.74, 6) is 0.264. The zero-order valence-corrected chi connectivity index (χ0v) is 9.99. The van der Waals surface area contributed by atoms with Crippen molar-refractivity contribution in [3.05, 3.63) is 45.6 Å². The highest BCUT2D eigenvalue weighted by atomic mass is 35.5. The molecule has 1 heterocycles. The summed E-state index contributed by atoms with van der Waals surface area (Å²) in [5.41, 5.74) is 1.03. The standard InChI is InChI=1S/C11H8ClFN2S/c1-6-14-10(5-11(16)15-6)8-3-2-7(12)4-9(8)13/h2-5H,1H3,(H,14,15,16). The highest BCUT2D eigenvalue weighted by Gasteiger charge is 2.06. The smallest absolute Gasteiger partial charge is 0.133 e.